The van der Waals surface area contributed by atoms with Gasteiger partial charge in [0, 0.05) is 5.75 Å². The van der Waals surface area contributed by atoms with Gasteiger partial charge >= 0.3 is 0 Å². The lowest BCUT2D eigenvalue weighted by Gasteiger charge is -2.12. The van der Waals surface area contributed by atoms with Gasteiger partial charge in [-0.15, -0.1) is 0 Å². The molecule has 0 rings (SSSR count). The summed E-state index contributed by atoms with van der Waals surface area (Å²) in [4.78, 5) is 0. The van der Waals surface area contributed by atoms with Crippen LogP contribution in [0.4, 0.5) is 0 Å². The van der Waals surface area contributed by atoms with E-state index < -0.39 is 9.84 Å². The maximum atomic E-state index is 11.4. The van der Waals surface area contributed by atoms with Crippen LogP contribution in [0.15, 0.2) is 0 Å². The number of sulfone groups is 1. The van der Waals surface area contributed by atoms with Gasteiger partial charge in [-0.3, -0.25) is 0 Å². The molecule has 0 aliphatic carbocycles. The molecule has 0 spiro atoms. The highest BCUT2D eigenvalue weighted by atomic mass is 32.2. The van der Waals surface area contributed by atoms with Crippen molar-refractivity contribution in [3.05, 3.63) is 0 Å². The topological polar surface area (TPSA) is 54.4 Å². The predicted octanol–water partition coefficient (Wildman–Crippen LogP) is 2.00. The van der Waals surface area contributed by atoms with E-state index in [0.717, 1.165) is 6.42 Å². The molecule has 1 N–H and O–H groups in total. The highest BCUT2D eigenvalue weighted by Crippen LogP contribution is 2.10. The maximum absolute atomic E-state index is 11.4. The lowest BCUT2D eigenvalue weighted by atomic mass is 10.0. The molecule has 0 heterocycles. The van der Waals surface area contributed by atoms with E-state index >= 15 is 0 Å². The second-order valence-electron chi connectivity index (χ2n) is 4.58. The largest absolute Gasteiger partial charge is 0.393 e. The van der Waals surface area contributed by atoms with Gasteiger partial charge in [-0.05, 0) is 31.6 Å². The first kappa shape index (κ1) is 14.9. The van der Waals surface area contributed by atoms with Crippen molar-refractivity contribution in [2.75, 3.05) is 11.5 Å². The Morgan fingerprint density at radius 3 is 2.27 bits per heavy atom. The molecule has 15 heavy (non-hydrogen) atoms. The lowest BCUT2D eigenvalue weighted by molar-refractivity contribution is 0.139. The zero-order chi connectivity index (χ0) is 11.9. The van der Waals surface area contributed by atoms with Gasteiger partial charge in [0.25, 0.3) is 0 Å². The van der Waals surface area contributed by atoms with E-state index in [1.807, 2.05) is 6.92 Å². The van der Waals surface area contributed by atoms with Crippen molar-refractivity contribution >= 4 is 9.84 Å². The van der Waals surface area contributed by atoms with Crippen LogP contribution in [0.2, 0.25) is 0 Å². The molecule has 3 nitrogen and oxygen atoms in total. The van der Waals surface area contributed by atoms with Gasteiger partial charge in [0.15, 0.2) is 0 Å². The second kappa shape index (κ2) is 7.23. The minimum absolute atomic E-state index is 0.218. The Morgan fingerprint density at radius 1 is 1.20 bits per heavy atom. The van der Waals surface area contributed by atoms with Gasteiger partial charge in [-0.2, -0.15) is 0 Å². The number of hydrogen-bond donors (Lipinski definition) is 1. The van der Waals surface area contributed by atoms with Gasteiger partial charge in [0.2, 0.25) is 0 Å². The Morgan fingerprint density at radius 2 is 1.80 bits per heavy atom. The summed E-state index contributed by atoms with van der Waals surface area (Å²) < 4.78 is 22.7. The Hall–Kier alpha value is -0.0900. The molecule has 0 aromatic rings. The number of hydrogen-bond acceptors (Lipinski definition) is 3. The van der Waals surface area contributed by atoms with Crippen LogP contribution in [0.25, 0.3) is 0 Å². The minimum atomic E-state index is -2.87. The summed E-state index contributed by atoms with van der Waals surface area (Å²) in [5, 5.41) is 9.55. The maximum Gasteiger partial charge on any atom is 0.150 e. The minimum Gasteiger partial charge on any atom is -0.393 e. The van der Waals surface area contributed by atoms with Crippen LogP contribution in [0, 0.1) is 5.92 Å². The lowest BCUT2D eigenvalue weighted by Crippen LogP contribution is -2.15. The second-order valence-corrected chi connectivity index (χ2v) is 6.88. The van der Waals surface area contributed by atoms with Crippen LogP contribution in [0.1, 0.15) is 46.5 Å². The zero-order valence-electron chi connectivity index (χ0n) is 10.1. The van der Waals surface area contributed by atoms with Crippen molar-refractivity contribution in [2.45, 2.75) is 52.6 Å². The molecule has 4 heteroatoms. The molecule has 0 aromatic carbocycles. The Kier molecular flexibility index (Phi) is 7.18. The summed E-state index contributed by atoms with van der Waals surface area (Å²) in [6.45, 7) is 5.97. The molecule has 0 saturated carbocycles. The fourth-order valence-electron chi connectivity index (χ4n) is 1.61. The van der Waals surface area contributed by atoms with Gasteiger partial charge in [0.1, 0.15) is 9.84 Å². The molecular weight excluding hydrogens is 212 g/mol. The normalized spacial score (nSPS) is 14.5. The van der Waals surface area contributed by atoms with Crippen molar-refractivity contribution in [3.8, 4) is 0 Å². The first-order valence-electron chi connectivity index (χ1n) is 5.76. The molecule has 0 fully saturated rings. The molecule has 0 saturated heterocycles. The van der Waals surface area contributed by atoms with E-state index in [-0.39, 0.29) is 17.6 Å². The number of aliphatic hydroxyl groups excluding tert-OH is 1. The monoisotopic (exact) mass is 236 g/mol. The first-order chi connectivity index (χ1) is 6.87. The third-order valence-electron chi connectivity index (χ3n) is 2.25. The molecule has 0 aliphatic heterocycles. The quantitative estimate of drug-likeness (QED) is 0.701. The van der Waals surface area contributed by atoms with Crippen LogP contribution in [0.5, 0.6) is 0 Å². The van der Waals surface area contributed by atoms with Crippen LogP contribution >= 0.6 is 0 Å². The zero-order valence-corrected chi connectivity index (χ0v) is 10.9. The summed E-state index contributed by atoms with van der Waals surface area (Å²) in [7, 11) is -2.87. The summed E-state index contributed by atoms with van der Waals surface area (Å²) in [5.74, 6) is 0.954. The Bertz CT molecular complexity index is 245. The van der Waals surface area contributed by atoms with E-state index in [1.54, 1.807) is 0 Å². The average Bonchev–Trinajstić information content (AvgIpc) is 2.01. The molecule has 1 unspecified atom stereocenters. The van der Waals surface area contributed by atoms with Gasteiger partial charge in [0.05, 0.1) is 11.9 Å². The summed E-state index contributed by atoms with van der Waals surface area (Å²) in [6, 6.07) is 0. The fraction of sp³-hybridized carbons (Fsp3) is 1.00. The predicted molar refractivity (Wildman–Crippen MR) is 63.6 cm³/mol. The highest BCUT2D eigenvalue weighted by molar-refractivity contribution is 7.91. The molecule has 0 amide bonds. The van der Waals surface area contributed by atoms with Gasteiger partial charge in [-0.1, -0.05) is 20.8 Å². The van der Waals surface area contributed by atoms with E-state index in [0.29, 0.717) is 25.2 Å². The van der Waals surface area contributed by atoms with Gasteiger partial charge < -0.3 is 5.11 Å². The fourth-order valence-corrected chi connectivity index (χ4v) is 3.05. The highest BCUT2D eigenvalue weighted by Gasteiger charge is 2.11. The van der Waals surface area contributed by atoms with Crippen molar-refractivity contribution in [1.29, 1.82) is 0 Å². The van der Waals surface area contributed by atoms with Crippen molar-refractivity contribution in [1.82, 2.24) is 0 Å². The van der Waals surface area contributed by atoms with E-state index in [4.69, 9.17) is 0 Å². The molecule has 0 radical (unpaired) electrons. The number of rotatable bonds is 8. The third kappa shape index (κ3) is 8.88. The smallest absolute Gasteiger partial charge is 0.150 e. The molecule has 1 atom stereocenters. The van der Waals surface area contributed by atoms with E-state index in [9.17, 15) is 13.5 Å². The Labute approximate surface area is 93.8 Å². The van der Waals surface area contributed by atoms with E-state index in [1.165, 1.54) is 0 Å². The average molecular weight is 236 g/mol. The number of aliphatic hydroxyl groups is 1. The summed E-state index contributed by atoms with van der Waals surface area (Å²) >= 11 is 0. The van der Waals surface area contributed by atoms with Gasteiger partial charge in [-0.25, -0.2) is 8.42 Å². The molecule has 0 aromatic heterocycles. The summed E-state index contributed by atoms with van der Waals surface area (Å²) in [6.07, 6.45) is 2.27. The van der Waals surface area contributed by atoms with Crippen LogP contribution in [-0.4, -0.2) is 31.1 Å². The third-order valence-corrected chi connectivity index (χ3v) is 4.19. The Balaban J connectivity index is 3.70. The first-order valence-corrected chi connectivity index (χ1v) is 7.58. The van der Waals surface area contributed by atoms with Crippen LogP contribution < -0.4 is 0 Å². The molecule has 0 bridgehead atoms. The van der Waals surface area contributed by atoms with Crippen molar-refractivity contribution < 1.29 is 13.5 Å². The molecule has 0 aliphatic rings. The molecular formula is C11H24O3S. The SMILES string of the molecule is CCCS(=O)(=O)CCCC(O)CC(C)C. The standard InChI is InChI=1S/C11H24O3S/c1-4-7-15(13,14)8-5-6-11(12)9-10(2)3/h10-12H,4-9H2,1-3H3. The molecule has 92 valence electrons. The van der Waals surface area contributed by atoms with Crippen molar-refractivity contribution in [3.63, 3.8) is 0 Å². The summed E-state index contributed by atoms with van der Waals surface area (Å²) in [5.41, 5.74) is 0. The van der Waals surface area contributed by atoms with E-state index in [2.05, 4.69) is 13.8 Å². The van der Waals surface area contributed by atoms with Crippen LogP contribution in [0.3, 0.4) is 0 Å². The van der Waals surface area contributed by atoms with Crippen LogP contribution in [-0.2, 0) is 9.84 Å². The van der Waals surface area contributed by atoms with Crippen molar-refractivity contribution in [2.24, 2.45) is 5.92 Å².